The first kappa shape index (κ1) is 14.3. The van der Waals surface area contributed by atoms with Crippen LogP contribution in [-0.4, -0.2) is 36.1 Å². The Hall–Kier alpha value is -1.16. The van der Waals surface area contributed by atoms with Crippen LogP contribution >= 0.6 is 12.4 Å². The van der Waals surface area contributed by atoms with Crippen LogP contribution in [0.2, 0.25) is 0 Å². The molecule has 1 aromatic carbocycles. The number of nitrogens with zero attached hydrogens (tertiary/aromatic N) is 2. The molecule has 0 amide bonds. The number of pyridine rings is 1. The second kappa shape index (κ2) is 5.87. The minimum atomic E-state index is 0. The van der Waals surface area contributed by atoms with E-state index in [-0.39, 0.29) is 12.4 Å². The summed E-state index contributed by atoms with van der Waals surface area (Å²) in [6, 6.07) is 11.5. The molecule has 0 unspecified atom stereocenters. The Balaban J connectivity index is 0.00000133. The monoisotopic (exact) mass is 277 g/mol. The van der Waals surface area contributed by atoms with Crippen molar-refractivity contribution < 1.29 is 0 Å². The van der Waals surface area contributed by atoms with Crippen molar-refractivity contribution in [3.63, 3.8) is 0 Å². The summed E-state index contributed by atoms with van der Waals surface area (Å²) in [6.07, 6.45) is 0. The summed E-state index contributed by atoms with van der Waals surface area (Å²) in [5.41, 5.74) is 3.53. The highest BCUT2D eigenvalue weighted by atomic mass is 35.5. The van der Waals surface area contributed by atoms with Gasteiger partial charge in [0, 0.05) is 36.8 Å². The van der Waals surface area contributed by atoms with E-state index < -0.39 is 0 Å². The van der Waals surface area contributed by atoms with E-state index in [1.807, 2.05) is 6.92 Å². The lowest BCUT2D eigenvalue weighted by molar-refractivity contribution is 0.173. The second-order valence-corrected chi connectivity index (χ2v) is 5.21. The zero-order valence-electron chi connectivity index (χ0n) is 11.4. The first-order valence-corrected chi connectivity index (χ1v) is 6.49. The van der Waals surface area contributed by atoms with Gasteiger partial charge in [-0.05, 0) is 37.7 Å². The highest BCUT2D eigenvalue weighted by Gasteiger charge is 2.21. The third-order valence-corrected chi connectivity index (χ3v) is 3.71. The van der Waals surface area contributed by atoms with Crippen molar-refractivity contribution in [2.75, 3.05) is 20.1 Å². The lowest BCUT2D eigenvalue weighted by Crippen LogP contribution is -2.55. The van der Waals surface area contributed by atoms with Crippen LogP contribution in [0, 0.1) is 6.92 Å². The molecule has 102 valence electrons. The molecule has 4 heteroatoms. The van der Waals surface area contributed by atoms with Gasteiger partial charge in [-0.2, -0.15) is 0 Å². The fourth-order valence-corrected chi connectivity index (χ4v) is 2.38. The van der Waals surface area contributed by atoms with Crippen LogP contribution in [0.5, 0.6) is 0 Å². The number of halogens is 1. The molecule has 1 aromatic heterocycles. The van der Waals surface area contributed by atoms with Crippen molar-refractivity contribution in [3.8, 4) is 0 Å². The maximum Gasteiger partial charge on any atom is 0.0705 e. The highest BCUT2D eigenvalue weighted by Crippen LogP contribution is 2.17. The van der Waals surface area contributed by atoms with E-state index in [0.29, 0.717) is 6.04 Å². The van der Waals surface area contributed by atoms with E-state index in [1.165, 1.54) is 10.9 Å². The fraction of sp³-hybridized carbons (Fsp3) is 0.400. The lowest BCUT2D eigenvalue weighted by Gasteiger charge is -2.35. The van der Waals surface area contributed by atoms with Crippen LogP contribution in [0.25, 0.3) is 10.9 Å². The molecular formula is C15H20ClN3. The normalized spacial score (nSPS) is 15.3. The number of likely N-dealkylation sites (N-methyl/N-ethyl adjacent to an activating group) is 1. The van der Waals surface area contributed by atoms with Crippen molar-refractivity contribution in [3.05, 3.63) is 41.6 Å². The van der Waals surface area contributed by atoms with Gasteiger partial charge in [-0.3, -0.25) is 9.88 Å². The Morgan fingerprint density at radius 3 is 2.74 bits per heavy atom. The highest BCUT2D eigenvalue weighted by molar-refractivity contribution is 5.85. The zero-order chi connectivity index (χ0) is 12.5. The fourth-order valence-electron chi connectivity index (χ4n) is 2.38. The Morgan fingerprint density at radius 2 is 2.05 bits per heavy atom. The van der Waals surface area contributed by atoms with Gasteiger partial charge < -0.3 is 5.32 Å². The number of benzene rings is 1. The minimum absolute atomic E-state index is 0. The molecule has 19 heavy (non-hydrogen) atoms. The first-order chi connectivity index (χ1) is 8.72. The summed E-state index contributed by atoms with van der Waals surface area (Å²) in [5.74, 6) is 0. The second-order valence-electron chi connectivity index (χ2n) is 5.21. The van der Waals surface area contributed by atoms with Crippen LogP contribution in [0.3, 0.4) is 0 Å². The Kier molecular flexibility index (Phi) is 4.40. The van der Waals surface area contributed by atoms with Crippen molar-refractivity contribution in [2.45, 2.75) is 19.5 Å². The molecule has 2 aromatic rings. The van der Waals surface area contributed by atoms with Crippen molar-refractivity contribution in [1.82, 2.24) is 15.2 Å². The SMILES string of the molecule is Cc1ccc2cc(CN(C)C3CNC3)ccc2n1.Cl. The van der Waals surface area contributed by atoms with Gasteiger partial charge in [0.25, 0.3) is 0 Å². The van der Waals surface area contributed by atoms with Crippen LogP contribution in [0.1, 0.15) is 11.3 Å². The molecular weight excluding hydrogens is 258 g/mol. The average molecular weight is 278 g/mol. The maximum absolute atomic E-state index is 4.53. The molecule has 0 aliphatic carbocycles. The molecule has 3 rings (SSSR count). The molecule has 0 spiro atoms. The van der Waals surface area contributed by atoms with Gasteiger partial charge >= 0.3 is 0 Å². The summed E-state index contributed by atoms with van der Waals surface area (Å²) >= 11 is 0. The Labute approximate surface area is 120 Å². The Morgan fingerprint density at radius 1 is 1.26 bits per heavy atom. The molecule has 2 heterocycles. The van der Waals surface area contributed by atoms with E-state index in [0.717, 1.165) is 30.8 Å². The molecule has 0 saturated carbocycles. The number of rotatable bonds is 3. The van der Waals surface area contributed by atoms with Crippen LogP contribution in [0.4, 0.5) is 0 Å². The standard InChI is InChI=1S/C15H19N3.ClH/c1-11-3-5-13-7-12(4-6-15(13)17-11)10-18(2)14-8-16-9-14;/h3-7,14,16H,8-10H2,1-2H3;1H. The number of hydrogen-bond donors (Lipinski definition) is 1. The summed E-state index contributed by atoms with van der Waals surface area (Å²) in [4.78, 5) is 6.95. The number of hydrogen-bond acceptors (Lipinski definition) is 3. The molecule has 1 saturated heterocycles. The third-order valence-electron chi connectivity index (χ3n) is 3.71. The third kappa shape index (κ3) is 3.06. The van der Waals surface area contributed by atoms with Crippen molar-refractivity contribution >= 4 is 23.3 Å². The molecule has 0 bridgehead atoms. The summed E-state index contributed by atoms with van der Waals surface area (Å²) in [7, 11) is 2.20. The van der Waals surface area contributed by atoms with Crippen LogP contribution < -0.4 is 5.32 Å². The quantitative estimate of drug-likeness (QED) is 0.934. The number of aromatic nitrogens is 1. The van der Waals surface area contributed by atoms with E-state index in [9.17, 15) is 0 Å². The summed E-state index contributed by atoms with van der Waals surface area (Å²) < 4.78 is 0. The van der Waals surface area contributed by atoms with E-state index >= 15 is 0 Å². The molecule has 1 fully saturated rings. The molecule has 1 aliphatic heterocycles. The molecule has 0 atom stereocenters. The van der Waals surface area contributed by atoms with Crippen LogP contribution in [-0.2, 0) is 6.54 Å². The van der Waals surface area contributed by atoms with Gasteiger partial charge in [0.2, 0.25) is 0 Å². The predicted molar refractivity (Wildman–Crippen MR) is 81.9 cm³/mol. The molecule has 3 nitrogen and oxygen atoms in total. The molecule has 1 aliphatic rings. The zero-order valence-corrected chi connectivity index (χ0v) is 12.2. The molecule has 1 N–H and O–H groups in total. The average Bonchev–Trinajstić information content (AvgIpc) is 2.27. The van der Waals surface area contributed by atoms with E-state index in [4.69, 9.17) is 0 Å². The first-order valence-electron chi connectivity index (χ1n) is 6.49. The summed E-state index contributed by atoms with van der Waals surface area (Å²) in [6.45, 7) is 5.27. The van der Waals surface area contributed by atoms with Crippen LogP contribution in [0.15, 0.2) is 30.3 Å². The van der Waals surface area contributed by atoms with E-state index in [1.54, 1.807) is 0 Å². The number of nitrogens with one attached hydrogen (secondary N) is 1. The number of aryl methyl sites for hydroxylation is 1. The largest absolute Gasteiger partial charge is 0.314 e. The van der Waals surface area contributed by atoms with E-state index in [2.05, 4.69) is 52.6 Å². The Bertz CT molecular complexity index is 566. The smallest absolute Gasteiger partial charge is 0.0705 e. The van der Waals surface area contributed by atoms with Gasteiger partial charge in [0.05, 0.1) is 5.52 Å². The maximum atomic E-state index is 4.53. The summed E-state index contributed by atoms with van der Waals surface area (Å²) in [5, 5.41) is 4.55. The molecule has 0 radical (unpaired) electrons. The lowest BCUT2D eigenvalue weighted by atomic mass is 10.1. The van der Waals surface area contributed by atoms with Crippen molar-refractivity contribution in [2.24, 2.45) is 0 Å². The number of fused-ring (bicyclic) bond motifs is 1. The van der Waals surface area contributed by atoms with Crippen molar-refractivity contribution in [1.29, 1.82) is 0 Å². The van der Waals surface area contributed by atoms with Gasteiger partial charge in [-0.1, -0.05) is 12.1 Å². The van der Waals surface area contributed by atoms with Gasteiger partial charge in [0.1, 0.15) is 0 Å². The topological polar surface area (TPSA) is 28.2 Å². The van der Waals surface area contributed by atoms with Gasteiger partial charge in [0.15, 0.2) is 0 Å². The minimum Gasteiger partial charge on any atom is -0.314 e. The predicted octanol–water partition coefficient (Wildman–Crippen LogP) is 2.37. The van der Waals surface area contributed by atoms with Gasteiger partial charge in [-0.25, -0.2) is 0 Å². The van der Waals surface area contributed by atoms with Gasteiger partial charge in [-0.15, -0.1) is 12.4 Å².